The first kappa shape index (κ1) is 18.6. The van der Waals surface area contributed by atoms with Gasteiger partial charge in [0.15, 0.2) is 0 Å². The molecule has 2 amide bonds. The average Bonchev–Trinajstić information content (AvgIpc) is 2.60. The second kappa shape index (κ2) is 8.96. The minimum Gasteiger partial charge on any atom is -0.349 e. The smallest absolute Gasteiger partial charge is 0.319 e. The van der Waals surface area contributed by atoms with Gasteiger partial charge in [-0.15, -0.1) is 5.10 Å². The number of nitrogens with zero attached hydrogens (tertiary/aromatic N) is 3. The van der Waals surface area contributed by atoms with Crippen molar-refractivity contribution < 1.29 is 4.79 Å². The summed E-state index contributed by atoms with van der Waals surface area (Å²) < 4.78 is 0. The summed E-state index contributed by atoms with van der Waals surface area (Å²) in [5.41, 5.74) is 3.75. The molecule has 1 heterocycles. The number of aromatic nitrogens is 3. The van der Waals surface area contributed by atoms with Gasteiger partial charge in [-0.1, -0.05) is 26.0 Å². The molecule has 7 nitrogen and oxygen atoms in total. The zero-order valence-electron chi connectivity index (χ0n) is 15.3. The quantitative estimate of drug-likeness (QED) is 0.719. The van der Waals surface area contributed by atoms with Crippen LogP contribution >= 0.6 is 0 Å². The van der Waals surface area contributed by atoms with Gasteiger partial charge < -0.3 is 16.0 Å². The number of rotatable bonds is 7. The summed E-state index contributed by atoms with van der Waals surface area (Å²) in [6.07, 6.45) is 1.68. The van der Waals surface area contributed by atoms with Crippen LogP contribution in [0.3, 0.4) is 0 Å². The van der Waals surface area contributed by atoms with E-state index in [1.54, 1.807) is 0 Å². The van der Waals surface area contributed by atoms with Gasteiger partial charge in [0, 0.05) is 18.3 Å². The lowest BCUT2D eigenvalue weighted by molar-refractivity contribution is 0.250. The molecule has 2 aromatic rings. The summed E-state index contributed by atoms with van der Waals surface area (Å²) >= 11 is 0. The minimum absolute atomic E-state index is 0.101. The van der Waals surface area contributed by atoms with Crippen molar-refractivity contribution in [2.24, 2.45) is 0 Å². The SMILES string of the molecule is CCc1nnc(NCc2ccc(NC(=O)NC(C)C)cc2)nc1CC. The first-order chi connectivity index (χ1) is 12.0. The molecule has 0 fully saturated rings. The van der Waals surface area contributed by atoms with Gasteiger partial charge in [0.05, 0.1) is 11.4 Å². The molecule has 0 unspecified atom stereocenters. The number of hydrogen-bond donors (Lipinski definition) is 3. The Morgan fingerprint density at radius 1 is 1.04 bits per heavy atom. The average molecular weight is 342 g/mol. The Morgan fingerprint density at radius 3 is 2.32 bits per heavy atom. The third-order valence-electron chi connectivity index (χ3n) is 3.59. The topological polar surface area (TPSA) is 91.8 Å². The molecule has 0 atom stereocenters. The van der Waals surface area contributed by atoms with Crippen LogP contribution in [0.15, 0.2) is 24.3 Å². The van der Waals surface area contributed by atoms with E-state index >= 15 is 0 Å². The van der Waals surface area contributed by atoms with E-state index in [1.165, 1.54) is 0 Å². The van der Waals surface area contributed by atoms with Crippen LogP contribution in [-0.4, -0.2) is 27.3 Å². The van der Waals surface area contributed by atoms with Crippen LogP contribution < -0.4 is 16.0 Å². The van der Waals surface area contributed by atoms with Crippen LogP contribution in [0.25, 0.3) is 0 Å². The number of nitrogens with one attached hydrogen (secondary N) is 3. The van der Waals surface area contributed by atoms with Crippen molar-refractivity contribution in [1.82, 2.24) is 20.5 Å². The van der Waals surface area contributed by atoms with Crippen molar-refractivity contribution in [3.63, 3.8) is 0 Å². The van der Waals surface area contributed by atoms with Gasteiger partial charge in [0.25, 0.3) is 0 Å². The van der Waals surface area contributed by atoms with E-state index in [4.69, 9.17) is 0 Å². The number of hydrogen-bond acceptors (Lipinski definition) is 5. The molecule has 0 spiro atoms. The summed E-state index contributed by atoms with van der Waals surface area (Å²) in [4.78, 5) is 16.2. The molecule has 134 valence electrons. The molecule has 0 bridgehead atoms. The molecule has 25 heavy (non-hydrogen) atoms. The highest BCUT2D eigenvalue weighted by Gasteiger charge is 2.06. The highest BCUT2D eigenvalue weighted by molar-refractivity contribution is 5.89. The number of urea groups is 1. The molecule has 3 N–H and O–H groups in total. The van der Waals surface area contributed by atoms with Gasteiger partial charge in [-0.05, 0) is 44.4 Å². The number of benzene rings is 1. The second-order valence-corrected chi connectivity index (χ2v) is 6.04. The van der Waals surface area contributed by atoms with Crippen LogP contribution in [0.4, 0.5) is 16.4 Å². The maximum Gasteiger partial charge on any atom is 0.319 e. The predicted molar refractivity (Wildman–Crippen MR) is 99.6 cm³/mol. The Kier molecular flexibility index (Phi) is 6.68. The van der Waals surface area contributed by atoms with Crippen molar-refractivity contribution in [2.75, 3.05) is 10.6 Å². The standard InChI is InChI=1S/C18H26N6O/c1-5-15-16(6-2)23-24-17(22-15)19-11-13-7-9-14(10-8-13)21-18(25)20-12(3)4/h7-10,12H,5-6,11H2,1-4H3,(H,19,22,24)(H2,20,21,25). The molecular formula is C18H26N6O. The molecule has 2 rings (SSSR count). The fourth-order valence-electron chi connectivity index (χ4n) is 2.33. The van der Waals surface area contributed by atoms with Crippen LogP contribution in [0, 0.1) is 0 Å². The van der Waals surface area contributed by atoms with Gasteiger partial charge in [-0.3, -0.25) is 0 Å². The zero-order chi connectivity index (χ0) is 18.2. The Labute approximate surface area is 148 Å². The summed E-state index contributed by atoms with van der Waals surface area (Å²) in [5, 5.41) is 17.1. The fourth-order valence-corrected chi connectivity index (χ4v) is 2.33. The molecule has 0 aliphatic rings. The molecule has 1 aromatic heterocycles. The van der Waals surface area contributed by atoms with Crippen LogP contribution in [0.2, 0.25) is 0 Å². The van der Waals surface area contributed by atoms with E-state index in [2.05, 4.69) is 45.0 Å². The van der Waals surface area contributed by atoms with Gasteiger partial charge in [-0.2, -0.15) is 5.10 Å². The van der Waals surface area contributed by atoms with Gasteiger partial charge in [0.2, 0.25) is 5.95 Å². The van der Waals surface area contributed by atoms with E-state index in [0.29, 0.717) is 12.5 Å². The second-order valence-electron chi connectivity index (χ2n) is 6.04. The Bertz CT molecular complexity index is 699. The number of carbonyl (C=O) groups is 1. The monoisotopic (exact) mass is 342 g/mol. The summed E-state index contributed by atoms with van der Waals surface area (Å²) in [7, 11) is 0. The lowest BCUT2D eigenvalue weighted by Gasteiger charge is -2.11. The Morgan fingerprint density at radius 2 is 1.72 bits per heavy atom. The van der Waals surface area contributed by atoms with Crippen molar-refractivity contribution in [3.05, 3.63) is 41.2 Å². The Hall–Kier alpha value is -2.70. The minimum atomic E-state index is -0.205. The van der Waals surface area contributed by atoms with Crippen LogP contribution in [-0.2, 0) is 19.4 Å². The lowest BCUT2D eigenvalue weighted by Crippen LogP contribution is -2.34. The molecule has 0 saturated heterocycles. The highest BCUT2D eigenvalue weighted by Crippen LogP contribution is 2.12. The van der Waals surface area contributed by atoms with Gasteiger partial charge >= 0.3 is 6.03 Å². The Balaban J connectivity index is 1.92. The molecule has 0 aliphatic heterocycles. The van der Waals surface area contributed by atoms with E-state index in [9.17, 15) is 4.79 Å². The first-order valence-corrected chi connectivity index (χ1v) is 8.64. The van der Waals surface area contributed by atoms with Crippen LogP contribution in [0.1, 0.15) is 44.6 Å². The molecule has 0 saturated carbocycles. The van der Waals surface area contributed by atoms with Crippen molar-refractivity contribution in [3.8, 4) is 0 Å². The predicted octanol–water partition coefficient (Wildman–Crippen LogP) is 3.14. The number of anilines is 2. The molecule has 0 radical (unpaired) electrons. The van der Waals surface area contributed by atoms with E-state index in [1.807, 2.05) is 38.1 Å². The maximum atomic E-state index is 11.7. The molecule has 1 aromatic carbocycles. The molecular weight excluding hydrogens is 316 g/mol. The van der Waals surface area contributed by atoms with Gasteiger partial charge in [-0.25, -0.2) is 9.78 Å². The summed E-state index contributed by atoms with van der Waals surface area (Å²) in [5.74, 6) is 0.535. The number of amides is 2. The normalized spacial score (nSPS) is 10.6. The first-order valence-electron chi connectivity index (χ1n) is 8.64. The third-order valence-corrected chi connectivity index (χ3v) is 3.59. The van der Waals surface area contributed by atoms with E-state index in [-0.39, 0.29) is 12.1 Å². The summed E-state index contributed by atoms with van der Waals surface area (Å²) in [6, 6.07) is 7.54. The van der Waals surface area contributed by atoms with Crippen molar-refractivity contribution >= 4 is 17.7 Å². The maximum absolute atomic E-state index is 11.7. The number of aryl methyl sites for hydroxylation is 2. The van der Waals surface area contributed by atoms with Gasteiger partial charge in [0.1, 0.15) is 0 Å². The van der Waals surface area contributed by atoms with Crippen molar-refractivity contribution in [2.45, 2.75) is 53.1 Å². The fraction of sp³-hybridized carbons (Fsp3) is 0.444. The van der Waals surface area contributed by atoms with E-state index in [0.717, 1.165) is 35.5 Å². The third kappa shape index (κ3) is 5.70. The zero-order valence-corrected chi connectivity index (χ0v) is 15.3. The van der Waals surface area contributed by atoms with Crippen LogP contribution in [0.5, 0.6) is 0 Å². The van der Waals surface area contributed by atoms with Crippen molar-refractivity contribution in [1.29, 1.82) is 0 Å². The molecule has 0 aliphatic carbocycles. The highest BCUT2D eigenvalue weighted by atomic mass is 16.2. The lowest BCUT2D eigenvalue weighted by atomic mass is 10.2. The largest absolute Gasteiger partial charge is 0.349 e. The van der Waals surface area contributed by atoms with E-state index < -0.39 is 0 Å². The summed E-state index contributed by atoms with van der Waals surface area (Å²) in [6.45, 7) is 8.54. The molecule has 7 heteroatoms. The number of carbonyl (C=O) groups excluding carboxylic acids is 1.